The number of nitrogens with zero attached hydrogens (tertiary/aromatic N) is 1. The van der Waals surface area contributed by atoms with Gasteiger partial charge in [-0.3, -0.25) is 4.98 Å². The van der Waals surface area contributed by atoms with Gasteiger partial charge < -0.3 is 14.6 Å². The van der Waals surface area contributed by atoms with Gasteiger partial charge in [-0.05, 0) is 77.6 Å². The summed E-state index contributed by atoms with van der Waals surface area (Å²) in [6.45, 7) is 1.04. The van der Waals surface area contributed by atoms with E-state index in [0.717, 1.165) is 39.9 Å². The van der Waals surface area contributed by atoms with Gasteiger partial charge in [-0.2, -0.15) is 8.78 Å². The van der Waals surface area contributed by atoms with Crippen molar-refractivity contribution < 1.29 is 32.1 Å². The van der Waals surface area contributed by atoms with Crippen molar-refractivity contribution in [1.82, 2.24) is 4.98 Å². The van der Waals surface area contributed by atoms with Crippen LogP contribution in [0, 0.1) is 0 Å². The van der Waals surface area contributed by atoms with Gasteiger partial charge in [0.25, 0.3) is 5.92 Å². The number of benzene rings is 3. The Hall–Kier alpha value is -3.49. The Labute approximate surface area is 223 Å². The molecule has 2 heterocycles. The molecule has 1 aromatic heterocycles. The number of hydrogen-bond donors (Lipinski definition) is 1. The highest BCUT2D eigenvalue weighted by molar-refractivity contribution is 5.89. The molecule has 6 rings (SSSR count). The summed E-state index contributed by atoms with van der Waals surface area (Å²) in [7, 11) is 0. The molecule has 8 heteroatoms. The molecule has 0 saturated carbocycles. The minimum absolute atomic E-state index is 0.106. The predicted molar refractivity (Wildman–Crippen MR) is 139 cm³/mol. The second-order valence-corrected chi connectivity index (χ2v) is 10.9. The smallest absolute Gasteiger partial charge is 0.387 e. The maximum atomic E-state index is 14.8. The van der Waals surface area contributed by atoms with Crippen LogP contribution in [0.4, 0.5) is 17.6 Å². The fraction of sp³-hybridized carbons (Fsp3) is 0.323. The normalized spacial score (nSPS) is 20.6. The van der Waals surface area contributed by atoms with Crippen LogP contribution in [0.5, 0.6) is 5.75 Å². The molecule has 4 nitrogen and oxygen atoms in total. The molecule has 202 valence electrons. The molecular weight excluding hydrogens is 510 g/mol. The molecule has 0 saturated heterocycles. The van der Waals surface area contributed by atoms with Crippen molar-refractivity contribution >= 4 is 10.8 Å². The van der Waals surface area contributed by atoms with E-state index in [1.165, 1.54) is 18.2 Å². The highest BCUT2D eigenvalue weighted by Gasteiger charge is 2.48. The second-order valence-electron chi connectivity index (χ2n) is 10.9. The summed E-state index contributed by atoms with van der Waals surface area (Å²) >= 11 is 0. The van der Waals surface area contributed by atoms with Gasteiger partial charge in [-0.15, -0.1) is 0 Å². The predicted octanol–water partition coefficient (Wildman–Crippen LogP) is 8.03. The van der Waals surface area contributed by atoms with E-state index < -0.39 is 36.3 Å². The quantitative estimate of drug-likeness (QED) is 0.262. The summed E-state index contributed by atoms with van der Waals surface area (Å²) in [4.78, 5) is 4.40. The van der Waals surface area contributed by atoms with E-state index in [2.05, 4.69) is 4.98 Å². The maximum Gasteiger partial charge on any atom is 0.387 e. The lowest BCUT2D eigenvalue weighted by molar-refractivity contribution is -0.152. The number of ether oxygens (including phenoxy) is 2. The topological polar surface area (TPSA) is 51.6 Å². The molecule has 2 aliphatic rings. The Morgan fingerprint density at radius 3 is 2.33 bits per heavy atom. The van der Waals surface area contributed by atoms with Gasteiger partial charge in [0.15, 0.2) is 0 Å². The van der Waals surface area contributed by atoms with E-state index in [1.54, 1.807) is 26.1 Å². The summed E-state index contributed by atoms with van der Waals surface area (Å²) in [5.41, 5.74) is 3.43. The van der Waals surface area contributed by atoms with Crippen molar-refractivity contribution in [1.29, 1.82) is 0 Å². The maximum absolute atomic E-state index is 14.8. The minimum Gasteiger partial charge on any atom is -0.435 e. The van der Waals surface area contributed by atoms with E-state index in [1.807, 2.05) is 36.4 Å². The lowest BCUT2D eigenvalue weighted by Crippen LogP contribution is -2.27. The number of alkyl halides is 4. The largest absolute Gasteiger partial charge is 0.435 e. The van der Waals surface area contributed by atoms with Crippen molar-refractivity contribution in [2.45, 2.75) is 63.5 Å². The lowest BCUT2D eigenvalue weighted by atomic mass is 9.85. The van der Waals surface area contributed by atoms with Crippen LogP contribution in [-0.4, -0.2) is 22.6 Å². The molecule has 0 amide bonds. The van der Waals surface area contributed by atoms with E-state index in [0.29, 0.717) is 17.7 Å². The number of halogens is 4. The van der Waals surface area contributed by atoms with Crippen LogP contribution < -0.4 is 4.74 Å². The third-order valence-electron chi connectivity index (χ3n) is 7.65. The average molecular weight is 538 g/mol. The van der Waals surface area contributed by atoms with Crippen molar-refractivity contribution in [2.75, 3.05) is 0 Å². The molecule has 1 N–H and O–H groups in total. The summed E-state index contributed by atoms with van der Waals surface area (Å²) in [5.74, 6) is -3.78. The first-order chi connectivity index (χ1) is 18.4. The number of pyridine rings is 1. The Balaban J connectivity index is 1.48. The van der Waals surface area contributed by atoms with Crippen LogP contribution in [0.1, 0.15) is 73.3 Å². The van der Waals surface area contributed by atoms with Crippen LogP contribution in [0.3, 0.4) is 0 Å². The van der Waals surface area contributed by atoms with Gasteiger partial charge in [-0.1, -0.05) is 36.4 Å². The Kier molecular flexibility index (Phi) is 5.97. The van der Waals surface area contributed by atoms with E-state index >= 15 is 0 Å². The first-order valence-corrected chi connectivity index (χ1v) is 12.8. The van der Waals surface area contributed by atoms with Crippen LogP contribution in [0.15, 0.2) is 66.9 Å². The molecule has 1 aliphatic carbocycles. The number of aliphatic hydroxyl groups is 1. The fourth-order valence-electron chi connectivity index (χ4n) is 5.88. The van der Waals surface area contributed by atoms with Crippen molar-refractivity contribution in [3.8, 4) is 16.9 Å². The zero-order valence-electron chi connectivity index (χ0n) is 21.6. The van der Waals surface area contributed by atoms with Crippen LogP contribution in [0.25, 0.3) is 21.9 Å². The first-order valence-electron chi connectivity index (χ1n) is 12.8. The molecule has 4 aromatic rings. The molecular formula is C31H27F4NO3. The standard InChI is InChI=1S/C31H27F4NO3/c1-30(2,37)26-10-9-18(15-36-26)16-7-8-17-12-22-21(13-19(17)11-16)23-14-25(22)38-28(31(3,34)35)20-5-4-6-24(27(20)23)39-29(32)33/h4-13,15,23,25,28-29,37H,14H2,1-3H3/t23-,25?,28+/m1/s1. The van der Waals surface area contributed by atoms with Gasteiger partial charge in [0.2, 0.25) is 0 Å². The van der Waals surface area contributed by atoms with Crippen LogP contribution in [-0.2, 0) is 10.3 Å². The summed E-state index contributed by atoms with van der Waals surface area (Å²) in [6.07, 6.45) is -0.142. The number of aromatic nitrogens is 1. The summed E-state index contributed by atoms with van der Waals surface area (Å²) in [6, 6.07) is 17.9. The van der Waals surface area contributed by atoms with Crippen molar-refractivity contribution in [3.05, 3.63) is 94.8 Å². The molecule has 1 unspecified atom stereocenters. The Morgan fingerprint density at radius 2 is 1.67 bits per heavy atom. The molecule has 3 aromatic carbocycles. The summed E-state index contributed by atoms with van der Waals surface area (Å²) in [5, 5.41) is 12.0. The molecule has 0 fully saturated rings. The lowest BCUT2D eigenvalue weighted by Gasteiger charge is -2.30. The zero-order chi connectivity index (χ0) is 27.7. The van der Waals surface area contributed by atoms with Crippen LogP contribution >= 0.6 is 0 Å². The molecule has 1 aliphatic heterocycles. The van der Waals surface area contributed by atoms with Crippen LogP contribution in [0.2, 0.25) is 0 Å². The SMILES string of the molecule is CC(C)(O)c1ccc(-c2ccc3cc4c(cc3c2)[C@H]2CC4O[C@H](C(C)(F)F)c3cccc(OC(F)F)c32)cn1. The zero-order valence-corrected chi connectivity index (χ0v) is 21.6. The number of fused-ring (bicyclic) bond motifs is 8. The van der Waals surface area contributed by atoms with E-state index in [4.69, 9.17) is 9.47 Å². The van der Waals surface area contributed by atoms with E-state index in [-0.39, 0.29) is 11.3 Å². The number of rotatable bonds is 5. The van der Waals surface area contributed by atoms with Gasteiger partial charge in [0, 0.05) is 30.2 Å². The van der Waals surface area contributed by atoms with Gasteiger partial charge in [-0.25, -0.2) is 8.78 Å². The third kappa shape index (κ3) is 4.55. The summed E-state index contributed by atoms with van der Waals surface area (Å²) < 4.78 is 67.1. The highest BCUT2D eigenvalue weighted by atomic mass is 19.3. The third-order valence-corrected chi connectivity index (χ3v) is 7.65. The fourth-order valence-corrected chi connectivity index (χ4v) is 5.88. The van der Waals surface area contributed by atoms with Crippen molar-refractivity contribution in [3.63, 3.8) is 0 Å². The second kappa shape index (κ2) is 9.03. The van der Waals surface area contributed by atoms with Gasteiger partial charge in [0.1, 0.15) is 17.5 Å². The van der Waals surface area contributed by atoms with E-state index in [9.17, 15) is 22.7 Å². The molecule has 0 radical (unpaired) electrons. The van der Waals surface area contributed by atoms with Gasteiger partial charge in [0.05, 0.1) is 11.8 Å². The molecule has 2 bridgehead atoms. The molecule has 39 heavy (non-hydrogen) atoms. The number of hydrogen-bond acceptors (Lipinski definition) is 4. The monoisotopic (exact) mass is 537 g/mol. The highest BCUT2D eigenvalue weighted by Crippen LogP contribution is 2.57. The molecule has 3 atom stereocenters. The average Bonchev–Trinajstić information content (AvgIpc) is 3.08. The van der Waals surface area contributed by atoms with Gasteiger partial charge >= 0.3 is 6.61 Å². The van der Waals surface area contributed by atoms with Crippen molar-refractivity contribution in [2.24, 2.45) is 0 Å². The Morgan fingerprint density at radius 1 is 0.923 bits per heavy atom. The first kappa shape index (κ1) is 25.8. The Bertz CT molecular complexity index is 1560. The minimum atomic E-state index is -3.23. The molecule has 0 spiro atoms.